The molecule has 0 bridgehead atoms. The van der Waals surface area contributed by atoms with E-state index in [2.05, 4.69) is 18.5 Å². The number of nitrogens with one attached hydrogen (secondary N) is 1. The molecule has 1 saturated carbocycles. The number of esters is 1. The third kappa shape index (κ3) is 6.31. The number of carboxylic acids is 1. The molecule has 0 radical (unpaired) electrons. The number of carbonyl (C=O) groups excluding carboxylic acids is 3. The van der Waals surface area contributed by atoms with Gasteiger partial charge in [-0.1, -0.05) is 25.0 Å². The van der Waals surface area contributed by atoms with Gasteiger partial charge in [0.25, 0.3) is 0 Å². The molecule has 8 heteroatoms. The SMILES string of the molecule is C=CCCCCC[C@H](C(=O)OC(C)(C)C)C(=O)N(C(=O)[C@@H]1CCCN1)C1(C(=O)O)CC1C=C. The van der Waals surface area contributed by atoms with Gasteiger partial charge in [-0.2, -0.15) is 0 Å². The van der Waals surface area contributed by atoms with Crippen LogP contribution in [0.3, 0.4) is 0 Å². The highest BCUT2D eigenvalue weighted by atomic mass is 16.6. The molecule has 0 aromatic carbocycles. The second-order valence-corrected chi connectivity index (χ2v) is 9.95. The number of hydrogen-bond acceptors (Lipinski definition) is 6. The Labute approximate surface area is 196 Å². The minimum absolute atomic E-state index is 0.0937. The van der Waals surface area contributed by atoms with E-state index >= 15 is 0 Å². The van der Waals surface area contributed by atoms with Crippen molar-refractivity contribution in [2.24, 2.45) is 11.8 Å². The van der Waals surface area contributed by atoms with Crippen LogP contribution in [0.25, 0.3) is 0 Å². The van der Waals surface area contributed by atoms with Gasteiger partial charge in [0.15, 0.2) is 5.54 Å². The van der Waals surface area contributed by atoms with Crippen LogP contribution in [0.5, 0.6) is 0 Å². The van der Waals surface area contributed by atoms with Crippen molar-refractivity contribution in [1.82, 2.24) is 10.2 Å². The fourth-order valence-corrected chi connectivity index (χ4v) is 4.39. The van der Waals surface area contributed by atoms with E-state index < -0.39 is 52.8 Å². The standard InChI is InChI=1S/C25H38N2O6/c1-6-8-9-10-11-13-18(22(30)33-24(3,4)5)20(28)27(21(29)19-14-12-15-26-19)25(23(31)32)16-17(25)7-2/h6-7,17-19,26H,1-2,8-16H2,3-5H3,(H,31,32)/t17?,18-,19-,25?/m0/s1. The highest BCUT2D eigenvalue weighted by Crippen LogP contribution is 2.51. The number of nitrogens with zero attached hydrogens (tertiary/aromatic N) is 1. The average molecular weight is 463 g/mol. The van der Waals surface area contributed by atoms with Crippen LogP contribution in [0.15, 0.2) is 25.3 Å². The number of imide groups is 1. The van der Waals surface area contributed by atoms with E-state index in [1.165, 1.54) is 6.08 Å². The molecule has 4 atom stereocenters. The summed E-state index contributed by atoms with van der Waals surface area (Å²) in [4.78, 5) is 53.5. The highest BCUT2D eigenvalue weighted by Gasteiger charge is 2.67. The van der Waals surface area contributed by atoms with Crippen LogP contribution in [0.4, 0.5) is 0 Å². The lowest BCUT2D eigenvalue weighted by atomic mass is 9.96. The lowest BCUT2D eigenvalue weighted by Gasteiger charge is -2.33. The van der Waals surface area contributed by atoms with Crippen molar-refractivity contribution in [3.05, 3.63) is 25.3 Å². The summed E-state index contributed by atoms with van der Waals surface area (Å²) in [5.74, 6) is -5.19. The minimum Gasteiger partial charge on any atom is -0.479 e. The van der Waals surface area contributed by atoms with Crippen molar-refractivity contribution >= 4 is 23.8 Å². The smallest absolute Gasteiger partial charge is 0.330 e. The lowest BCUT2D eigenvalue weighted by molar-refractivity contribution is -0.171. The molecule has 2 fully saturated rings. The maximum atomic E-state index is 13.8. The number of carbonyl (C=O) groups is 4. The number of amides is 2. The maximum absolute atomic E-state index is 13.8. The molecule has 2 amide bonds. The molecule has 2 rings (SSSR count). The fourth-order valence-electron chi connectivity index (χ4n) is 4.39. The number of rotatable bonds is 12. The molecule has 33 heavy (non-hydrogen) atoms. The van der Waals surface area contributed by atoms with E-state index in [1.807, 2.05) is 6.08 Å². The van der Waals surface area contributed by atoms with E-state index in [-0.39, 0.29) is 12.8 Å². The molecule has 1 saturated heterocycles. The Kier molecular flexibility index (Phi) is 9.00. The monoisotopic (exact) mass is 462 g/mol. The summed E-state index contributed by atoms with van der Waals surface area (Å²) in [6, 6.07) is -0.650. The average Bonchev–Trinajstić information content (AvgIpc) is 3.20. The largest absolute Gasteiger partial charge is 0.479 e. The summed E-state index contributed by atoms with van der Waals surface area (Å²) in [6.45, 7) is 13.1. The van der Waals surface area contributed by atoms with Gasteiger partial charge in [-0.05, 0) is 65.8 Å². The van der Waals surface area contributed by atoms with Crippen LogP contribution in [-0.2, 0) is 23.9 Å². The Hall–Kier alpha value is -2.48. The fraction of sp³-hybridized carbons (Fsp3) is 0.680. The predicted octanol–water partition coefficient (Wildman–Crippen LogP) is 3.22. The molecule has 1 aliphatic carbocycles. The van der Waals surface area contributed by atoms with Gasteiger partial charge >= 0.3 is 11.9 Å². The summed E-state index contributed by atoms with van der Waals surface area (Å²) < 4.78 is 5.50. The molecule has 0 aromatic rings. The highest BCUT2D eigenvalue weighted by molar-refractivity contribution is 6.10. The molecule has 8 nitrogen and oxygen atoms in total. The zero-order valence-electron chi connectivity index (χ0n) is 20.1. The predicted molar refractivity (Wildman–Crippen MR) is 124 cm³/mol. The van der Waals surface area contributed by atoms with Crippen molar-refractivity contribution in [3.8, 4) is 0 Å². The Morgan fingerprint density at radius 2 is 1.91 bits per heavy atom. The van der Waals surface area contributed by atoms with E-state index in [0.29, 0.717) is 19.4 Å². The number of aliphatic carboxylic acids is 1. The van der Waals surface area contributed by atoms with Crippen molar-refractivity contribution in [1.29, 1.82) is 0 Å². The number of ether oxygens (including phenoxy) is 1. The van der Waals surface area contributed by atoms with Gasteiger partial charge in [0.1, 0.15) is 11.5 Å². The molecule has 0 aromatic heterocycles. The van der Waals surface area contributed by atoms with Gasteiger partial charge in [0, 0.05) is 5.92 Å². The van der Waals surface area contributed by atoms with Crippen LogP contribution in [0.2, 0.25) is 0 Å². The van der Waals surface area contributed by atoms with Gasteiger partial charge in [-0.15, -0.1) is 13.2 Å². The van der Waals surface area contributed by atoms with Crippen molar-refractivity contribution in [2.45, 2.75) is 89.3 Å². The number of unbranched alkanes of at least 4 members (excludes halogenated alkanes) is 3. The first-order valence-corrected chi connectivity index (χ1v) is 11.8. The second-order valence-electron chi connectivity index (χ2n) is 9.95. The Balaban J connectivity index is 2.38. The van der Waals surface area contributed by atoms with Gasteiger partial charge in [0.2, 0.25) is 11.8 Å². The van der Waals surface area contributed by atoms with E-state index in [1.54, 1.807) is 20.8 Å². The van der Waals surface area contributed by atoms with Gasteiger partial charge < -0.3 is 15.2 Å². The zero-order chi connectivity index (χ0) is 24.8. The topological polar surface area (TPSA) is 113 Å². The molecule has 0 spiro atoms. The summed E-state index contributed by atoms with van der Waals surface area (Å²) in [6.07, 6.45) is 7.84. The minimum atomic E-state index is -1.71. The molecular weight excluding hydrogens is 424 g/mol. The third-order valence-electron chi connectivity index (χ3n) is 6.23. The third-order valence-corrected chi connectivity index (χ3v) is 6.23. The normalized spacial score (nSPS) is 25.1. The molecule has 184 valence electrons. The first kappa shape index (κ1) is 26.8. The van der Waals surface area contributed by atoms with Crippen molar-refractivity contribution in [3.63, 3.8) is 0 Å². The van der Waals surface area contributed by atoms with Gasteiger partial charge in [0.05, 0.1) is 6.04 Å². The summed E-state index contributed by atoms with van der Waals surface area (Å²) in [5.41, 5.74) is -2.53. The number of hydrogen-bond donors (Lipinski definition) is 2. The van der Waals surface area contributed by atoms with Crippen LogP contribution < -0.4 is 5.32 Å². The molecule has 1 aliphatic heterocycles. The van der Waals surface area contributed by atoms with E-state index in [4.69, 9.17) is 4.74 Å². The molecule has 2 unspecified atom stereocenters. The zero-order valence-corrected chi connectivity index (χ0v) is 20.1. The van der Waals surface area contributed by atoms with Crippen molar-refractivity contribution < 1.29 is 29.0 Å². The van der Waals surface area contributed by atoms with Crippen LogP contribution in [0, 0.1) is 11.8 Å². The van der Waals surface area contributed by atoms with E-state index in [9.17, 15) is 24.3 Å². The number of allylic oxidation sites excluding steroid dienone is 1. The van der Waals surface area contributed by atoms with E-state index in [0.717, 1.165) is 30.6 Å². The Morgan fingerprint density at radius 3 is 2.39 bits per heavy atom. The van der Waals surface area contributed by atoms with Gasteiger partial charge in [-0.25, -0.2) is 4.79 Å². The number of carboxylic acid groups (broad SMARTS) is 1. The maximum Gasteiger partial charge on any atom is 0.330 e. The summed E-state index contributed by atoms with van der Waals surface area (Å²) in [7, 11) is 0. The van der Waals surface area contributed by atoms with Crippen LogP contribution in [0.1, 0.15) is 72.1 Å². The first-order chi connectivity index (χ1) is 15.5. The summed E-state index contributed by atoms with van der Waals surface area (Å²) in [5, 5.41) is 13.1. The van der Waals surface area contributed by atoms with Crippen LogP contribution >= 0.6 is 0 Å². The molecule has 1 heterocycles. The van der Waals surface area contributed by atoms with Crippen molar-refractivity contribution in [2.75, 3.05) is 6.54 Å². The van der Waals surface area contributed by atoms with Gasteiger partial charge in [-0.3, -0.25) is 19.3 Å². The Bertz CT molecular complexity index is 780. The quantitative estimate of drug-likeness (QED) is 0.198. The second kappa shape index (κ2) is 11.1. The van der Waals surface area contributed by atoms with Crippen LogP contribution in [-0.4, -0.2) is 57.5 Å². The molecule has 2 N–H and O–H groups in total. The Morgan fingerprint density at radius 1 is 1.21 bits per heavy atom. The lowest BCUT2D eigenvalue weighted by Crippen LogP contribution is -2.59. The first-order valence-electron chi connectivity index (χ1n) is 11.8. The molecule has 2 aliphatic rings. The molecular formula is C25H38N2O6. The summed E-state index contributed by atoms with van der Waals surface area (Å²) >= 11 is 0.